The first-order valence-electron chi connectivity index (χ1n) is 9.56. The third-order valence-corrected chi connectivity index (χ3v) is 5.25. The molecule has 0 aliphatic carbocycles. The molecule has 3 aromatic rings. The van der Waals surface area contributed by atoms with Crippen molar-refractivity contribution in [3.05, 3.63) is 60.4 Å². The van der Waals surface area contributed by atoms with Gasteiger partial charge >= 0.3 is 0 Å². The normalized spacial score (nSPS) is 19.4. The minimum Gasteiger partial charge on any atom is -0.349 e. The van der Waals surface area contributed by atoms with Crippen molar-refractivity contribution in [2.75, 3.05) is 18.0 Å². The lowest BCUT2D eigenvalue weighted by molar-refractivity contribution is 0.0913. The predicted molar refractivity (Wildman–Crippen MR) is 105 cm³/mol. The van der Waals surface area contributed by atoms with E-state index in [1.807, 2.05) is 30.3 Å². The lowest BCUT2D eigenvalue weighted by Crippen LogP contribution is -2.51. The predicted octanol–water partition coefficient (Wildman–Crippen LogP) is 2.09. The minimum atomic E-state index is -0.0478. The molecule has 4 rings (SSSR count). The number of carbonyl (C=O) groups is 1. The Morgan fingerprint density at radius 3 is 2.71 bits per heavy atom. The van der Waals surface area contributed by atoms with Gasteiger partial charge < -0.3 is 10.2 Å². The molecule has 1 aliphatic rings. The highest BCUT2D eigenvalue weighted by Gasteiger charge is 2.31. The maximum Gasteiger partial charge on any atom is 0.251 e. The number of rotatable bonds is 5. The van der Waals surface area contributed by atoms with Gasteiger partial charge in [-0.2, -0.15) is 4.68 Å². The fraction of sp³-hybridized carbons (Fsp3) is 0.350. The second-order valence-corrected chi connectivity index (χ2v) is 6.95. The largest absolute Gasteiger partial charge is 0.349 e. The topological polar surface area (TPSA) is 88.8 Å². The van der Waals surface area contributed by atoms with Gasteiger partial charge in [-0.1, -0.05) is 30.2 Å². The summed E-state index contributed by atoms with van der Waals surface area (Å²) in [6, 6.07) is 13.5. The zero-order valence-corrected chi connectivity index (χ0v) is 15.8. The van der Waals surface area contributed by atoms with Crippen LogP contribution in [0.1, 0.15) is 30.1 Å². The number of aromatic nitrogens is 5. The summed E-state index contributed by atoms with van der Waals surface area (Å²) in [5.41, 5.74) is 1.57. The third kappa shape index (κ3) is 3.71. The van der Waals surface area contributed by atoms with Crippen LogP contribution in [0.2, 0.25) is 0 Å². The number of hydrogen-bond acceptors (Lipinski definition) is 6. The van der Waals surface area contributed by atoms with E-state index in [-0.39, 0.29) is 11.9 Å². The van der Waals surface area contributed by atoms with E-state index in [1.54, 1.807) is 29.2 Å². The van der Waals surface area contributed by atoms with Crippen molar-refractivity contribution in [1.82, 2.24) is 30.5 Å². The first-order chi connectivity index (χ1) is 13.8. The molecule has 144 valence electrons. The quantitative estimate of drug-likeness (QED) is 0.732. The first-order valence-corrected chi connectivity index (χ1v) is 9.56. The van der Waals surface area contributed by atoms with Crippen molar-refractivity contribution < 1.29 is 4.79 Å². The van der Waals surface area contributed by atoms with Crippen LogP contribution in [0.4, 0.5) is 5.95 Å². The summed E-state index contributed by atoms with van der Waals surface area (Å²) >= 11 is 0. The molecule has 28 heavy (non-hydrogen) atoms. The number of pyridine rings is 1. The molecular weight excluding hydrogens is 354 g/mol. The second kappa shape index (κ2) is 8.16. The van der Waals surface area contributed by atoms with Crippen LogP contribution in [-0.4, -0.2) is 50.2 Å². The first kappa shape index (κ1) is 18.1. The average Bonchev–Trinajstić information content (AvgIpc) is 3.25. The van der Waals surface area contributed by atoms with Gasteiger partial charge in [0.1, 0.15) is 0 Å². The number of nitrogens with zero attached hydrogens (tertiary/aromatic N) is 6. The number of amides is 1. The fourth-order valence-corrected chi connectivity index (χ4v) is 3.69. The van der Waals surface area contributed by atoms with Gasteiger partial charge in [-0.3, -0.25) is 9.78 Å². The zero-order valence-electron chi connectivity index (χ0n) is 15.8. The summed E-state index contributed by atoms with van der Waals surface area (Å²) in [7, 11) is 0. The second-order valence-electron chi connectivity index (χ2n) is 6.95. The van der Waals surface area contributed by atoms with Crippen LogP contribution in [0.3, 0.4) is 0 Å². The van der Waals surface area contributed by atoms with Gasteiger partial charge in [0.15, 0.2) is 0 Å². The Labute approximate surface area is 163 Å². The molecule has 1 aromatic carbocycles. The van der Waals surface area contributed by atoms with Crippen molar-refractivity contribution >= 4 is 11.9 Å². The molecule has 1 amide bonds. The number of para-hydroxylation sites is 1. The highest BCUT2D eigenvalue weighted by atomic mass is 16.1. The van der Waals surface area contributed by atoms with Gasteiger partial charge in [0.25, 0.3) is 5.91 Å². The van der Waals surface area contributed by atoms with E-state index in [0.29, 0.717) is 11.5 Å². The van der Waals surface area contributed by atoms with E-state index in [1.165, 1.54) is 0 Å². The van der Waals surface area contributed by atoms with Crippen molar-refractivity contribution in [2.24, 2.45) is 5.92 Å². The molecule has 8 heteroatoms. The Morgan fingerprint density at radius 2 is 1.96 bits per heavy atom. The Kier molecular flexibility index (Phi) is 5.27. The summed E-state index contributed by atoms with van der Waals surface area (Å²) in [5, 5.41) is 15.5. The van der Waals surface area contributed by atoms with Crippen LogP contribution < -0.4 is 10.2 Å². The van der Waals surface area contributed by atoms with Crippen LogP contribution >= 0.6 is 0 Å². The number of benzene rings is 1. The molecular formula is C20H23N7O. The summed E-state index contributed by atoms with van der Waals surface area (Å²) in [6.07, 6.45) is 5.08. The molecule has 1 fully saturated rings. The molecule has 0 saturated carbocycles. The Hall–Kier alpha value is -3.29. The van der Waals surface area contributed by atoms with Crippen LogP contribution in [0.15, 0.2) is 54.9 Å². The van der Waals surface area contributed by atoms with Crippen molar-refractivity contribution in [3.63, 3.8) is 0 Å². The molecule has 3 heterocycles. The smallest absolute Gasteiger partial charge is 0.251 e. The summed E-state index contributed by atoms with van der Waals surface area (Å²) in [4.78, 5) is 18.7. The van der Waals surface area contributed by atoms with Crippen LogP contribution in [0.5, 0.6) is 0 Å². The van der Waals surface area contributed by atoms with E-state index >= 15 is 0 Å². The molecule has 0 unspecified atom stereocenters. The fourth-order valence-electron chi connectivity index (χ4n) is 3.69. The van der Waals surface area contributed by atoms with E-state index in [2.05, 4.69) is 37.6 Å². The number of piperidine rings is 1. The number of nitrogens with one attached hydrogen (secondary N) is 1. The van der Waals surface area contributed by atoms with E-state index in [4.69, 9.17) is 0 Å². The Bertz CT molecular complexity index is 913. The Balaban J connectivity index is 1.47. The SMILES string of the molecule is CC[C@@H]1CN(c2nnnn2-c2ccccc2)CC[C@@H]1NC(=O)c1ccncc1. The monoisotopic (exact) mass is 377 g/mol. The van der Waals surface area contributed by atoms with Gasteiger partial charge in [0, 0.05) is 37.1 Å². The zero-order chi connectivity index (χ0) is 19.3. The summed E-state index contributed by atoms with van der Waals surface area (Å²) < 4.78 is 1.77. The van der Waals surface area contributed by atoms with Gasteiger partial charge in [-0.05, 0) is 53.5 Å². The molecule has 0 spiro atoms. The number of anilines is 1. The van der Waals surface area contributed by atoms with Gasteiger partial charge in [-0.15, -0.1) is 0 Å². The maximum absolute atomic E-state index is 12.5. The van der Waals surface area contributed by atoms with Gasteiger partial charge in [0.2, 0.25) is 5.95 Å². The number of hydrogen-bond donors (Lipinski definition) is 1. The molecule has 8 nitrogen and oxygen atoms in total. The number of carbonyl (C=O) groups excluding carboxylic acids is 1. The third-order valence-electron chi connectivity index (χ3n) is 5.25. The molecule has 2 atom stereocenters. The molecule has 0 bridgehead atoms. The standard InChI is InChI=1S/C20H23N7O/c1-2-15-14-26(20-23-24-25-27(20)17-6-4-3-5-7-17)13-10-18(15)22-19(28)16-8-11-21-12-9-16/h3-9,11-12,15,18H,2,10,13-14H2,1H3,(H,22,28)/t15-,18+/m1/s1. The Morgan fingerprint density at radius 1 is 1.18 bits per heavy atom. The van der Waals surface area contributed by atoms with Crippen molar-refractivity contribution in [1.29, 1.82) is 0 Å². The minimum absolute atomic E-state index is 0.0478. The lowest BCUT2D eigenvalue weighted by atomic mass is 9.90. The summed E-state index contributed by atoms with van der Waals surface area (Å²) in [6.45, 7) is 3.73. The summed E-state index contributed by atoms with van der Waals surface area (Å²) in [5.74, 6) is 1.01. The highest BCUT2D eigenvalue weighted by molar-refractivity contribution is 5.94. The average molecular weight is 377 g/mol. The van der Waals surface area contributed by atoms with Gasteiger partial charge in [0.05, 0.1) is 5.69 Å². The molecule has 2 aromatic heterocycles. The highest BCUT2D eigenvalue weighted by Crippen LogP contribution is 2.25. The number of tetrazole rings is 1. The van der Waals surface area contributed by atoms with Crippen molar-refractivity contribution in [3.8, 4) is 5.69 Å². The maximum atomic E-state index is 12.5. The van der Waals surface area contributed by atoms with Gasteiger partial charge in [-0.25, -0.2) is 0 Å². The van der Waals surface area contributed by atoms with Crippen molar-refractivity contribution in [2.45, 2.75) is 25.8 Å². The van der Waals surface area contributed by atoms with Crippen LogP contribution in [-0.2, 0) is 0 Å². The molecule has 1 N–H and O–H groups in total. The molecule has 1 aliphatic heterocycles. The molecule has 0 radical (unpaired) electrons. The van der Waals surface area contributed by atoms with Crippen LogP contribution in [0, 0.1) is 5.92 Å². The van der Waals surface area contributed by atoms with Crippen LogP contribution in [0.25, 0.3) is 5.69 Å². The molecule has 1 saturated heterocycles. The van der Waals surface area contributed by atoms with E-state index < -0.39 is 0 Å². The van der Waals surface area contributed by atoms with E-state index in [9.17, 15) is 4.79 Å². The van der Waals surface area contributed by atoms with E-state index in [0.717, 1.165) is 37.6 Å². The lowest BCUT2D eigenvalue weighted by Gasteiger charge is -2.38.